The minimum atomic E-state index is -2.85. The number of benzene rings is 1. The van der Waals surface area contributed by atoms with E-state index in [0.717, 1.165) is 0 Å². The highest BCUT2D eigenvalue weighted by Crippen LogP contribution is 2.48. The van der Waals surface area contributed by atoms with Crippen molar-refractivity contribution in [1.29, 1.82) is 0 Å². The molecule has 2 atom stereocenters. The molecule has 0 amide bonds. The average Bonchev–Trinajstić information content (AvgIpc) is 3.65. The number of hydrogen-bond donors (Lipinski definition) is 2. The van der Waals surface area contributed by atoms with Gasteiger partial charge in [0, 0.05) is 52.5 Å². The standard InChI is InChI=1S/C22H17ClF3N9OS/c23-13-7-11(24)1-2-12(13)18-17(14-3-5-35(31-14)21(25)26)15-8-22(36,9-16-29-32-33-30-16)10-34(15)19(28-18)20-27-4-6-37-20/h1-7,18,21,36H,8-10H2,(H,29,30,32,33)/t18-,22?/m0/s1. The molecule has 0 spiro atoms. The molecule has 1 saturated heterocycles. The fourth-order valence-corrected chi connectivity index (χ4v) is 5.62. The summed E-state index contributed by atoms with van der Waals surface area (Å²) < 4.78 is 41.3. The molecule has 5 heterocycles. The quantitative estimate of drug-likeness (QED) is 0.378. The molecule has 0 radical (unpaired) electrons. The number of fused-ring (bicyclic) bond motifs is 1. The Bertz CT molecular complexity index is 1510. The molecule has 2 aliphatic rings. The number of nitrogens with one attached hydrogen (secondary N) is 1. The van der Waals surface area contributed by atoms with Gasteiger partial charge in [-0.05, 0) is 18.2 Å². The number of H-pyrrole nitrogens is 1. The van der Waals surface area contributed by atoms with E-state index in [2.05, 4.69) is 30.7 Å². The minimum Gasteiger partial charge on any atom is -0.387 e. The Balaban J connectivity index is 1.55. The summed E-state index contributed by atoms with van der Waals surface area (Å²) in [6.07, 6.45) is 2.99. The van der Waals surface area contributed by atoms with E-state index in [-0.39, 0.29) is 30.1 Å². The summed E-state index contributed by atoms with van der Waals surface area (Å²) >= 11 is 7.81. The highest BCUT2D eigenvalue weighted by molar-refractivity contribution is 7.11. The Morgan fingerprint density at radius 3 is 2.84 bits per heavy atom. The lowest BCUT2D eigenvalue weighted by Gasteiger charge is -2.32. The van der Waals surface area contributed by atoms with Crippen molar-refractivity contribution in [2.45, 2.75) is 31.0 Å². The van der Waals surface area contributed by atoms with E-state index in [4.69, 9.17) is 16.6 Å². The van der Waals surface area contributed by atoms with E-state index < -0.39 is 24.0 Å². The van der Waals surface area contributed by atoms with Crippen molar-refractivity contribution >= 4 is 34.3 Å². The summed E-state index contributed by atoms with van der Waals surface area (Å²) in [5.41, 5.74) is 0.430. The summed E-state index contributed by atoms with van der Waals surface area (Å²) in [7, 11) is 0. The van der Waals surface area contributed by atoms with Crippen molar-refractivity contribution in [3.8, 4) is 0 Å². The summed E-state index contributed by atoms with van der Waals surface area (Å²) in [5.74, 6) is 0.260. The van der Waals surface area contributed by atoms with Crippen molar-refractivity contribution in [1.82, 2.24) is 40.3 Å². The number of aromatic nitrogens is 7. The molecular formula is C22H17ClF3N9OS. The maximum absolute atomic E-state index is 13.9. The maximum atomic E-state index is 13.9. The van der Waals surface area contributed by atoms with Crippen molar-refractivity contribution in [3.63, 3.8) is 0 Å². The van der Waals surface area contributed by atoms with E-state index >= 15 is 0 Å². The molecule has 1 aromatic carbocycles. The maximum Gasteiger partial charge on any atom is 0.333 e. The van der Waals surface area contributed by atoms with Crippen molar-refractivity contribution in [2.75, 3.05) is 6.54 Å². The van der Waals surface area contributed by atoms with Gasteiger partial charge in [-0.3, -0.25) is 4.99 Å². The van der Waals surface area contributed by atoms with Crippen LogP contribution in [0.2, 0.25) is 5.02 Å². The zero-order valence-corrected chi connectivity index (χ0v) is 20.3. The molecule has 4 aromatic rings. The van der Waals surface area contributed by atoms with Crippen molar-refractivity contribution in [2.24, 2.45) is 4.99 Å². The third kappa shape index (κ3) is 4.30. The second kappa shape index (κ2) is 9.04. The lowest BCUT2D eigenvalue weighted by atomic mass is 9.90. The van der Waals surface area contributed by atoms with Gasteiger partial charge in [-0.1, -0.05) is 22.9 Å². The second-order valence-electron chi connectivity index (χ2n) is 8.67. The van der Waals surface area contributed by atoms with Gasteiger partial charge in [-0.2, -0.15) is 19.1 Å². The number of tetrazole rings is 1. The van der Waals surface area contributed by atoms with Gasteiger partial charge in [0.25, 0.3) is 0 Å². The third-order valence-electron chi connectivity index (χ3n) is 6.21. The van der Waals surface area contributed by atoms with Crippen LogP contribution in [0.4, 0.5) is 13.2 Å². The Kier molecular flexibility index (Phi) is 5.81. The Hall–Kier alpha value is -3.62. The van der Waals surface area contributed by atoms with Gasteiger partial charge < -0.3 is 10.0 Å². The van der Waals surface area contributed by atoms with Crippen LogP contribution >= 0.6 is 22.9 Å². The first-order chi connectivity index (χ1) is 17.8. The van der Waals surface area contributed by atoms with Crippen LogP contribution in [-0.4, -0.2) is 63.4 Å². The molecule has 1 fully saturated rings. The van der Waals surface area contributed by atoms with Gasteiger partial charge in [0.1, 0.15) is 11.9 Å². The van der Waals surface area contributed by atoms with Crippen LogP contribution in [-0.2, 0) is 6.42 Å². The summed E-state index contributed by atoms with van der Waals surface area (Å²) in [6.45, 7) is -2.74. The lowest BCUT2D eigenvalue weighted by molar-refractivity contribution is 0.0540. The fourth-order valence-electron chi connectivity index (χ4n) is 4.71. The van der Waals surface area contributed by atoms with Gasteiger partial charge >= 0.3 is 6.55 Å². The van der Waals surface area contributed by atoms with Gasteiger partial charge in [0.2, 0.25) is 0 Å². The molecule has 1 unspecified atom stereocenters. The Morgan fingerprint density at radius 1 is 1.30 bits per heavy atom. The van der Waals surface area contributed by atoms with Crippen LogP contribution in [0, 0.1) is 5.82 Å². The summed E-state index contributed by atoms with van der Waals surface area (Å²) in [6, 6.07) is 4.56. The SMILES string of the molecule is OC1(Cc2nn[nH]n2)CC2=C(c3ccn(C(F)F)n3)[C@H](c3ccc(F)cc3Cl)N=C(c3nccs3)N2C1. The number of thiazole rings is 1. The zero-order valence-electron chi connectivity index (χ0n) is 18.8. The number of halogens is 4. The highest BCUT2D eigenvalue weighted by atomic mass is 35.5. The third-order valence-corrected chi connectivity index (χ3v) is 7.30. The summed E-state index contributed by atoms with van der Waals surface area (Å²) in [4.78, 5) is 11.1. The number of hydrogen-bond acceptors (Lipinski definition) is 9. The monoisotopic (exact) mass is 547 g/mol. The van der Waals surface area contributed by atoms with Crippen LogP contribution in [0.1, 0.15) is 41.1 Å². The number of rotatable bonds is 6. The van der Waals surface area contributed by atoms with Gasteiger partial charge in [-0.15, -0.1) is 21.5 Å². The van der Waals surface area contributed by atoms with Gasteiger partial charge in [-0.25, -0.2) is 14.1 Å². The van der Waals surface area contributed by atoms with Crippen molar-refractivity contribution in [3.05, 3.63) is 80.7 Å². The molecule has 190 valence electrons. The first kappa shape index (κ1) is 23.8. The lowest BCUT2D eigenvalue weighted by Crippen LogP contribution is -2.39. The van der Waals surface area contributed by atoms with Crippen molar-refractivity contribution < 1.29 is 18.3 Å². The van der Waals surface area contributed by atoms with Crippen LogP contribution in [0.15, 0.2) is 52.7 Å². The smallest absolute Gasteiger partial charge is 0.333 e. The second-order valence-corrected chi connectivity index (χ2v) is 9.97. The van der Waals surface area contributed by atoms with E-state index in [9.17, 15) is 18.3 Å². The Labute approximate surface area is 216 Å². The summed E-state index contributed by atoms with van der Waals surface area (Å²) in [5, 5.41) is 32.1. The van der Waals surface area contributed by atoms with Gasteiger partial charge in [0.05, 0.1) is 17.8 Å². The van der Waals surface area contributed by atoms with Crippen LogP contribution in [0.5, 0.6) is 0 Å². The van der Waals surface area contributed by atoms with Crippen LogP contribution in [0.3, 0.4) is 0 Å². The molecule has 2 aliphatic heterocycles. The predicted octanol–water partition coefficient (Wildman–Crippen LogP) is 3.63. The predicted molar refractivity (Wildman–Crippen MR) is 127 cm³/mol. The minimum absolute atomic E-state index is 0.0787. The molecule has 0 saturated carbocycles. The first-order valence-electron chi connectivity index (χ1n) is 11.0. The average molecular weight is 548 g/mol. The number of aliphatic imine (C=N–C) groups is 1. The molecule has 2 N–H and O–H groups in total. The van der Waals surface area contributed by atoms with E-state index in [1.54, 1.807) is 11.6 Å². The molecule has 6 rings (SSSR count). The zero-order chi connectivity index (χ0) is 25.7. The van der Waals surface area contributed by atoms with Crippen LogP contribution < -0.4 is 0 Å². The number of alkyl halides is 2. The highest BCUT2D eigenvalue weighted by Gasteiger charge is 2.47. The normalized spacial score (nSPS) is 21.6. The first-order valence-corrected chi connectivity index (χ1v) is 12.3. The van der Waals surface area contributed by atoms with E-state index in [1.807, 2.05) is 4.90 Å². The number of aromatic amines is 1. The molecule has 37 heavy (non-hydrogen) atoms. The molecule has 15 heteroatoms. The number of nitrogens with zero attached hydrogens (tertiary/aromatic N) is 8. The molecule has 3 aromatic heterocycles. The molecule has 0 aliphatic carbocycles. The molecular weight excluding hydrogens is 531 g/mol. The largest absolute Gasteiger partial charge is 0.387 e. The molecule has 0 bridgehead atoms. The molecule has 10 nitrogen and oxygen atoms in total. The van der Waals surface area contributed by atoms with Gasteiger partial charge in [0.15, 0.2) is 16.7 Å². The van der Waals surface area contributed by atoms with E-state index in [0.29, 0.717) is 38.2 Å². The Morgan fingerprint density at radius 2 is 2.16 bits per heavy atom. The fraction of sp³-hybridized carbons (Fsp3) is 0.273. The number of amidine groups is 1. The van der Waals surface area contributed by atoms with E-state index in [1.165, 1.54) is 41.8 Å². The van der Waals surface area contributed by atoms with Crippen LogP contribution in [0.25, 0.3) is 5.57 Å². The topological polar surface area (TPSA) is 121 Å². The number of aliphatic hydroxyl groups is 1.